The molecule has 0 atom stereocenters. The van der Waals surface area contributed by atoms with Crippen molar-refractivity contribution in [3.05, 3.63) is 0 Å². The lowest BCUT2D eigenvalue weighted by molar-refractivity contribution is 0.385. The van der Waals surface area contributed by atoms with Crippen LogP contribution in [0.15, 0.2) is 4.40 Å². The smallest absolute Gasteiger partial charge is 0.135 e. The highest BCUT2D eigenvalue weighted by Crippen LogP contribution is 2.07. The average Bonchev–Trinajstić information content (AvgIpc) is 1.72. The quantitative estimate of drug-likeness (QED) is 0.337. The summed E-state index contributed by atoms with van der Waals surface area (Å²) in [5, 5.41) is 0. The van der Waals surface area contributed by atoms with E-state index in [1.54, 1.807) is 0 Å². The Kier molecular flexibility index (Phi) is 1.52. The van der Waals surface area contributed by atoms with E-state index in [0.717, 1.165) is 25.3 Å². The zero-order valence-corrected chi connectivity index (χ0v) is 4.07. The van der Waals surface area contributed by atoms with Gasteiger partial charge in [-0.1, -0.05) is 0 Å². The van der Waals surface area contributed by atoms with Gasteiger partial charge in [0.2, 0.25) is 0 Å². The van der Waals surface area contributed by atoms with Crippen LogP contribution in [0.2, 0.25) is 0 Å². The Labute approximate surface area is 40.9 Å². The molecule has 1 heterocycles. The van der Waals surface area contributed by atoms with Crippen LogP contribution in [0.25, 0.3) is 0 Å². The van der Waals surface area contributed by atoms with Crippen LogP contribution in [0.4, 0.5) is 0 Å². The third-order valence-electron chi connectivity index (χ3n) is 0.501. The van der Waals surface area contributed by atoms with Gasteiger partial charge in [-0.15, -0.1) is 0 Å². The van der Waals surface area contributed by atoms with Crippen molar-refractivity contribution >= 4 is 18.4 Å². The van der Waals surface area contributed by atoms with E-state index in [1.165, 1.54) is 0 Å². The fourth-order valence-corrected chi connectivity index (χ4v) is 0.650. The third-order valence-corrected chi connectivity index (χ3v) is 1.01. The minimum Gasteiger partial charge on any atom is -0.295 e. The van der Waals surface area contributed by atoms with Crippen molar-refractivity contribution < 1.29 is 4.18 Å². The first-order valence-electron chi connectivity index (χ1n) is 1.80. The molecule has 0 aliphatic carbocycles. The Bertz CT molecular complexity index is 55.8. The Morgan fingerprint density at radius 1 is 1.83 bits per heavy atom. The second-order valence-corrected chi connectivity index (χ2v) is 1.57. The first kappa shape index (κ1) is 4.15. The van der Waals surface area contributed by atoms with Gasteiger partial charge in [0.25, 0.3) is 0 Å². The Balaban J connectivity index is 2.26. The molecule has 0 aromatic rings. The van der Waals surface area contributed by atoms with Crippen LogP contribution < -0.4 is 0 Å². The third kappa shape index (κ3) is 0.988. The van der Waals surface area contributed by atoms with Crippen molar-refractivity contribution in [1.82, 2.24) is 0 Å². The van der Waals surface area contributed by atoms with Gasteiger partial charge in [0.05, 0.1) is 6.61 Å². The Hall–Kier alpha value is -0.0200. The van der Waals surface area contributed by atoms with Crippen molar-refractivity contribution in [2.45, 2.75) is 6.42 Å². The van der Waals surface area contributed by atoms with Crippen LogP contribution in [0.3, 0.4) is 0 Å². The van der Waals surface area contributed by atoms with Gasteiger partial charge in [0.1, 0.15) is 12.2 Å². The van der Waals surface area contributed by atoms with Gasteiger partial charge in [-0.3, -0.25) is 4.18 Å². The zero-order valence-electron chi connectivity index (χ0n) is 3.26. The molecule has 6 heavy (non-hydrogen) atoms. The van der Waals surface area contributed by atoms with Crippen LogP contribution in [0, 0.1) is 0 Å². The Morgan fingerprint density at radius 3 is 3.00 bits per heavy atom. The number of nitrogens with zero attached hydrogens (tertiary/aromatic N) is 1. The lowest BCUT2D eigenvalue weighted by atomic mass is 10.5. The fraction of sp³-hybridized carbons (Fsp3) is 0.667. The summed E-state index contributed by atoms with van der Waals surface area (Å²) >= 11 is 1.16. The fourth-order valence-electron chi connectivity index (χ4n) is 0.252. The standard InChI is InChI=1S/C3H5NOS/c1-2-4-6-5-3-1/h2H,1,3H2. The summed E-state index contributed by atoms with van der Waals surface area (Å²) in [6.07, 6.45) is 2.82. The molecule has 0 aromatic heterocycles. The van der Waals surface area contributed by atoms with E-state index in [4.69, 9.17) is 4.18 Å². The van der Waals surface area contributed by atoms with Crippen molar-refractivity contribution in [3.8, 4) is 0 Å². The second-order valence-electron chi connectivity index (χ2n) is 0.973. The first-order valence-corrected chi connectivity index (χ1v) is 2.50. The van der Waals surface area contributed by atoms with Crippen LogP contribution in [-0.4, -0.2) is 12.8 Å². The van der Waals surface area contributed by atoms with Crippen molar-refractivity contribution in [2.24, 2.45) is 4.40 Å². The lowest BCUT2D eigenvalue weighted by Gasteiger charge is -1.97. The molecule has 0 saturated carbocycles. The first-order chi connectivity index (χ1) is 3.00. The van der Waals surface area contributed by atoms with Gasteiger partial charge >= 0.3 is 0 Å². The van der Waals surface area contributed by atoms with Gasteiger partial charge < -0.3 is 0 Å². The highest BCUT2D eigenvalue weighted by Gasteiger charge is 1.88. The van der Waals surface area contributed by atoms with E-state index in [-0.39, 0.29) is 0 Å². The highest BCUT2D eigenvalue weighted by molar-refractivity contribution is 7.93. The molecule has 0 radical (unpaired) electrons. The molecular formula is C3H5NOS. The second kappa shape index (κ2) is 2.21. The molecule has 0 aromatic carbocycles. The van der Waals surface area contributed by atoms with Gasteiger partial charge in [0, 0.05) is 12.6 Å². The van der Waals surface area contributed by atoms with Crippen LogP contribution in [-0.2, 0) is 4.18 Å². The number of hydrogen-bond acceptors (Lipinski definition) is 3. The van der Waals surface area contributed by atoms with E-state index < -0.39 is 0 Å². The SMILES string of the molecule is C1=NSOCC1. The molecule has 1 rings (SSSR count). The van der Waals surface area contributed by atoms with E-state index >= 15 is 0 Å². The van der Waals surface area contributed by atoms with Gasteiger partial charge in [-0.05, 0) is 0 Å². The van der Waals surface area contributed by atoms with Crippen molar-refractivity contribution in [3.63, 3.8) is 0 Å². The van der Waals surface area contributed by atoms with Gasteiger partial charge in [-0.2, -0.15) is 0 Å². The normalized spacial score (nSPS) is 21.3. The van der Waals surface area contributed by atoms with Crippen LogP contribution in [0.1, 0.15) is 6.42 Å². The minimum atomic E-state index is 0.814. The molecule has 0 amide bonds. The van der Waals surface area contributed by atoms with E-state index in [0.29, 0.717) is 0 Å². The summed E-state index contributed by atoms with van der Waals surface area (Å²) < 4.78 is 8.53. The van der Waals surface area contributed by atoms with Gasteiger partial charge in [-0.25, -0.2) is 4.40 Å². The summed E-state index contributed by atoms with van der Waals surface area (Å²) in [7, 11) is 0. The summed E-state index contributed by atoms with van der Waals surface area (Å²) in [5.74, 6) is 0. The summed E-state index contributed by atoms with van der Waals surface area (Å²) in [6.45, 7) is 0.814. The minimum absolute atomic E-state index is 0.814. The predicted octanol–water partition coefficient (Wildman–Crippen LogP) is 1.04. The molecule has 0 N–H and O–H groups in total. The highest BCUT2D eigenvalue weighted by atomic mass is 32.2. The molecule has 2 nitrogen and oxygen atoms in total. The molecule has 3 heteroatoms. The molecule has 34 valence electrons. The maximum Gasteiger partial charge on any atom is 0.135 e. The summed E-state index contributed by atoms with van der Waals surface area (Å²) in [4.78, 5) is 0. The largest absolute Gasteiger partial charge is 0.295 e. The van der Waals surface area contributed by atoms with E-state index in [9.17, 15) is 0 Å². The molecule has 1 aliphatic heterocycles. The molecule has 0 bridgehead atoms. The monoisotopic (exact) mass is 103 g/mol. The van der Waals surface area contributed by atoms with E-state index in [2.05, 4.69) is 4.40 Å². The topological polar surface area (TPSA) is 21.6 Å². The van der Waals surface area contributed by atoms with E-state index in [1.807, 2.05) is 6.21 Å². The summed E-state index contributed by atoms with van der Waals surface area (Å²) in [5.41, 5.74) is 0. The average molecular weight is 103 g/mol. The zero-order chi connectivity index (χ0) is 4.24. The number of hydrogen-bond donors (Lipinski definition) is 0. The Morgan fingerprint density at radius 2 is 2.83 bits per heavy atom. The predicted molar refractivity (Wildman–Crippen MR) is 26.7 cm³/mol. The lowest BCUT2D eigenvalue weighted by Crippen LogP contribution is -1.90. The maximum atomic E-state index is 4.79. The molecule has 0 saturated heterocycles. The van der Waals surface area contributed by atoms with Crippen molar-refractivity contribution in [2.75, 3.05) is 6.61 Å². The van der Waals surface area contributed by atoms with Crippen molar-refractivity contribution in [1.29, 1.82) is 0 Å². The molecule has 0 spiro atoms. The molecular weight excluding hydrogens is 98.1 g/mol. The number of rotatable bonds is 0. The maximum absolute atomic E-state index is 4.79. The van der Waals surface area contributed by atoms with Crippen LogP contribution in [0.5, 0.6) is 0 Å². The van der Waals surface area contributed by atoms with Crippen LogP contribution >= 0.6 is 12.2 Å². The molecule has 1 aliphatic rings. The molecule has 0 fully saturated rings. The summed E-state index contributed by atoms with van der Waals surface area (Å²) in [6, 6.07) is 0. The molecule has 0 unspecified atom stereocenters. The van der Waals surface area contributed by atoms with Gasteiger partial charge in [0.15, 0.2) is 0 Å².